The van der Waals surface area contributed by atoms with E-state index in [0.29, 0.717) is 5.82 Å². The van der Waals surface area contributed by atoms with Crippen molar-refractivity contribution in [3.05, 3.63) is 23.4 Å². The van der Waals surface area contributed by atoms with E-state index in [1.165, 1.54) is 5.56 Å². The minimum Gasteiger partial charge on any atom is -0.383 e. The van der Waals surface area contributed by atoms with Crippen LogP contribution in [0.2, 0.25) is 0 Å². The molecule has 2 heteroatoms. The lowest BCUT2D eigenvalue weighted by Crippen LogP contribution is -2.01. The molecule has 0 aromatic carbocycles. The molecule has 2 nitrogen and oxygen atoms in total. The Morgan fingerprint density at radius 2 is 2.38 bits per heavy atom. The first-order valence-corrected chi connectivity index (χ1v) is 4.45. The zero-order valence-electron chi connectivity index (χ0n) is 7.88. The summed E-state index contributed by atoms with van der Waals surface area (Å²) in [7, 11) is 0. The molecule has 1 heterocycles. The normalized spacial score (nSPS) is 9.54. The molecule has 68 valence electrons. The van der Waals surface area contributed by atoms with E-state index in [1.54, 1.807) is 6.20 Å². The number of nitrogens with two attached hydrogens (primary N) is 1. The summed E-state index contributed by atoms with van der Waals surface area (Å²) in [5, 5.41) is 0. The van der Waals surface area contributed by atoms with Crippen LogP contribution in [0.1, 0.15) is 24.5 Å². The van der Waals surface area contributed by atoms with E-state index in [1.807, 2.05) is 6.07 Å². The molecule has 1 aromatic heterocycles. The molecule has 2 N–H and O–H groups in total. The predicted octanol–water partition coefficient (Wildman–Crippen LogP) is 1.79. The van der Waals surface area contributed by atoms with Crippen LogP contribution < -0.4 is 5.73 Å². The molecule has 0 unspecified atom stereocenters. The van der Waals surface area contributed by atoms with Gasteiger partial charge in [0.25, 0.3) is 0 Å². The van der Waals surface area contributed by atoms with Crippen LogP contribution >= 0.6 is 0 Å². The summed E-state index contributed by atoms with van der Waals surface area (Å²) in [6.07, 6.45) is 9.52. The van der Waals surface area contributed by atoms with Gasteiger partial charge in [-0.3, -0.25) is 0 Å². The summed E-state index contributed by atoms with van der Waals surface area (Å²) >= 11 is 0. The maximum atomic E-state index is 5.74. The number of anilines is 1. The molecule has 1 aromatic rings. The van der Waals surface area contributed by atoms with Crippen LogP contribution in [-0.4, -0.2) is 4.98 Å². The number of nitrogens with zero attached hydrogens (tertiary/aromatic N) is 1. The van der Waals surface area contributed by atoms with E-state index < -0.39 is 0 Å². The largest absolute Gasteiger partial charge is 0.383 e. The van der Waals surface area contributed by atoms with Gasteiger partial charge in [-0.15, -0.1) is 12.3 Å². The Hall–Kier alpha value is -1.49. The molecular weight excluding hydrogens is 160 g/mol. The van der Waals surface area contributed by atoms with Crippen molar-refractivity contribution in [3.63, 3.8) is 0 Å². The first-order chi connectivity index (χ1) is 6.29. The molecule has 0 spiro atoms. The molecule has 0 saturated carbocycles. The molecule has 0 radical (unpaired) electrons. The zero-order chi connectivity index (χ0) is 9.68. The molecule has 0 atom stereocenters. The fourth-order valence-corrected chi connectivity index (χ4v) is 1.40. The van der Waals surface area contributed by atoms with Crippen molar-refractivity contribution in [2.24, 2.45) is 0 Å². The number of hydrogen-bond acceptors (Lipinski definition) is 2. The van der Waals surface area contributed by atoms with Gasteiger partial charge in [0.1, 0.15) is 5.82 Å². The van der Waals surface area contributed by atoms with Crippen LogP contribution in [0.3, 0.4) is 0 Å². The Morgan fingerprint density at radius 3 is 3.00 bits per heavy atom. The molecule has 0 aliphatic heterocycles. The lowest BCUT2D eigenvalue weighted by Gasteiger charge is -2.07. The van der Waals surface area contributed by atoms with Gasteiger partial charge in [0.05, 0.1) is 0 Å². The van der Waals surface area contributed by atoms with E-state index in [-0.39, 0.29) is 0 Å². The average Bonchev–Trinajstić information content (AvgIpc) is 2.15. The van der Waals surface area contributed by atoms with Crippen LogP contribution in [0.5, 0.6) is 0 Å². The molecule has 1 rings (SSSR count). The summed E-state index contributed by atoms with van der Waals surface area (Å²) in [4.78, 5) is 4.04. The van der Waals surface area contributed by atoms with Crippen molar-refractivity contribution >= 4 is 5.82 Å². The second-order valence-corrected chi connectivity index (χ2v) is 2.89. The fourth-order valence-electron chi connectivity index (χ4n) is 1.40. The summed E-state index contributed by atoms with van der Waals surface area (Å²) in [5.41, 5.74) is 8.11. The lowest BCUT2D eigenvalue weighted by atomic mass is 10.0. The first kappa shape index (κ1) is 9.60. The highest BCUT2D eigenvalue weighted by atomic mass is 14.8. The standard InChI is InChI=1S/C11H14N2/c1-3-5-6-9-7-8-13-11(12)10(9)4-2/h1,7-8H,4-6H2,2H3,(H2,12,13). The minimum absolute atomic E-state index is 0.636. The Bertz CT molecular complexity index is 323. The van der Waals surface area contributed by atoms with Gasteiger partial charge in [0.15, 0.2) is 0 Å². The third kappa shape index (κ3) is 2.22. The second kappa shape index (κ2) is 4.51. The van der Waals surface area contributed by atoms with Crippen molar-refractivity contribution in [2.75, 3.05) is 5.73 Å². The zero-order valence-corrected chi connectivity index (χ0v) is 7.88. The van der Waals surface area contributed by atoms with Crippen molar-refractivity contribution in [1.29, 1.82) is 0 Å². The van der Waals surface area contributed by atoms with E-state index in [4.69, 9.17) is 12.2 Å². The number of hydrogen-bond donors (Lipinski definition) is 1. The van der Waals surface area contributed by atoms with E-state index in [9.17, 15) is 0 Å². The smallest absolute Gasteiger partial charge is 0.126 e. The van der Waals surface area contributed by atoms with Gasteiger partial charge in [-0.1, -0.05) is 6.92 Å². The summed E-state index contributed by atoms with van der Waals surface area (Å²) in [6.45, 7) is 2.08. The van der Waals surface area contributed by atoms with Crippen molar-refractivity contribution in [2.45, 2.75) is 26.2 Å². The predicted molar refractivity (Wildman–Crippen MR) is 55.2 cm³/mol. The Labute approximate surface area is 79.2 Å². The van der Waals surface area contributed by atoms with Gasteiger partial charge in [0.2, 0.25) is 0 Å². The van der Waals surface area contributed by atoms with Gasteiger partial charge in [-0.05, 0) is 30.0 Å². The van der Waals surface area contributed by atoms with Gasteiger partial charge in [-0.2, -0.15) is 0 Å². The quantitative estimate of drug-likeness (QED) is 0.709. The number of aryl methyl sites for hydroxylation is 1. The fraction of sp³-hybridized carbons (Fsp3) is 0.364. The minimum atomic E-state index is 0.636. The summed E-state index contributed by atoms with van der Waals surface area (Å²) < 4.78 is 0. The van der Waals surface area contributed by atoms with E-state index >= 15 is 0 Å². The summed E-state index contributed by atoms with van der Waals surface area (Å²) in [6, 6.07) is 1.99. The first-order valence-electron chi connectivity index (χ1n) is 4.45. The van der Waals surface area contributed by atoms with Crippen LogP contribution in [0.4, 0.5) is 5.82 Å². The topological polar surface area (TPSA) is 38.9 Å². The Balaban J connectivity index is 2.93. The third-order valence-electron chi connectivity index (χ3n) is 2.08. The van der Waals surface area contributed by atoms with Crippen molar-refractivity contribution in [1.82, 2.24) is 4.98 Å². The monoisotopic (exact) mass is 174 g/mol. The molecule has 0 saturated heterocycles. The van der Waals surface area contributed by atoms with Gasteiger partial charge in [-0.25, -0.2) is 4.98 Å². The number of rotatable bonds is 3. The Morgan fingerprint density at radius 1 is 1.62 bits per heavy atom. The molecule has 0 amide bonds. The van der Waals surface area contributed by atoms with Crippen LogP contribution in [-0.2, 0) is 12.8 Å². The number of aromatic nitrogens is 1. The van der Waals surface area contributed by atoms with E-state index in [2.05, 4.69) is 17.8 Å². The number of terminal acetylenes is 1. The third-order valence-corrected chi connectivity index (χ3v) is 2.08. The maximum Gasteiger partial charge on any atom is 0.126 e. The molecular formula is C11H14N2. The lowest BCUT2D eigenvalue weighted by molar-refractivity contribution is 0.969. The van der Waals surface area contributed by atoms with Gasteiger partial charge < -0.3 is 5.73 Å². The van der Waals surface area contributed by atoms with Gasteiger partial charge >= 0.3 is 0 Å². The molecule has 0 aliphatic rings. The second-order valence-electron chi connectivity index (χ2n) is 2.89. The molecule has 0 fully saturated rings. The molecule has 13 heavy (non-hydrogen) atoms. The Kier molecular flexibility index (Phi) is 3.33. The highest BCUT2D eigenvalue weighted by molar-refractivity contribution is 5.44. The van der Waals surface area contributed by atoms with Crippen molar-refractivity contribution in [3.8, 4) is 12.3 Å². The van der Waals surface area contributed by atoms with Crippen molar-refractivity contribution < 1.29 is 0 Å². The van der Waals surface area contributed by atoms with E-state index in [0.717, 1.165) is 24.8 Å². The maximum absolute atomic E-state index is 5.74. The van der Waals surface area contributed by atoms with Crippen LogP contribution in [0.25, 0.3) is 0 Å². The highest BCUT2D eigenvalue weighted by Crippen LogP contribution is 2.16. The number of pyridine rings is 1. The van der Waals surface area contributed by atoms with Crippen LogP contribution in [0, 0.1) is 12.3 Å². The average molecular weight is 174 g/mol. The SMILES string of the molecule is C#CCCc1ccnc(N)c1CC. The number of nitrogen functional groups attached to an aromatic ring is 1. The highest BCUT2D eigenvalue weighted by Gasteiger charge is 2.03. The summed E-state index contributed by atoms with van der Waals surface area (Å²) in [5.74, 6) is 3.26. The van der Waals surface area contributed by atoms with Crippen LogP contribution in [0.15, 0.2) is 12.3 Å². The van der Waals surface area contributed by atoms with Gasteiger partial charge in [0, 0.05) is 12.6 Å². The molecule has 0 bridgehead atoms. The molecule has 0 aliphatic carbocycles.